The van der Waals surface area contributed by atoms with Gasteiger partial charge in [0.2, 0.25) is 5.72 Å². The Bertz CT molecular complexity index is 548. The number of aliphatic hydroxyl groups is 1. The number of rotatable bonds is 2. The Labute approximate surface area is 107 Å². The first kappa shape index (κ1) is 13.4. The van der Waals surface area contributed by atoms with Crippen molar-refractivity contribution in [3.05, 3.63) is 29.8 Å². The molecule has 1 aromatic rings. The van der Waals surface area contributed by atoms with Crippen LogP contribution >= 0.6 is 0 Å². The number of aromatic hydroxyl groups is 1. The molecule has 0 saturated carbocycles. The van der Waals surface area contributed by atoms with Crippen molar-refractivity contribution in [1.82, 2.24) is 5.01 Å². The van der Waals surface area contributed by atoms with Crippen LogP contribution in [0, 0.1) is 0 Å². The number of benzene rings is 1. The van der Waals surface area contributed by atoms with Gasteiger partial charge in [-0.2, -0.15) is 10.1 Å². The van der Waals surface area contributed by atoms with E-state index in [0.29, 0.717) is 5.01 Å². The summed E-state index contributed by atoms with van der Waals surface area (Å²) in [5, 5.41) is 23.4. The third-order valence-corrected chi connectivity index (χ3v) is 2.83. The maximum Gasteiger partial charge on any atom is 0.287 e. The summed E-state index contributed by atoms with van der Waals surface area (Å²) in [7, 11) is 0. The highest BCUT2D eigenvalue weighted by atomic mass is 19.3. The number of amides is 1. The van der Waals surface area contributed by atoms with Crippen molar-refractivity contribution in [2.45, 2.75) is 25.5 Å². The molecule has 1 unspecified atom stereocenters. The number of carbonyl (C=O) groups excluding carboxylic acids is 1. The highest BCUT2D eigenvalue weighted by Crippen LogP contribution is 2.33. The van der Waals surface area contributed by atoms with E-state index in [0.717, 1.165) is 0 Å². The molecule has 0 aromatic heterocycles. The summed E-state index contributed by atoms with van der Waals surface area (Å²) in [6.07, 6.45) is -3.59. The molecule has 1 heterocycles. The third-order valence-electron chi connectivity index (χ3n) is 2.83. The molecular weight excluding hydrogens is 258 g/mol. The average Bonchev–Trinajstić information content (AvgIpc) is 2.66. The van der Waals surface area contributed by atoms with E-state index < -0.39 is 24.5 Å². The summed E-state index contributed by atoms with van der Waals surface area (Å²) in [5.74, 6) is -1.33. The molecule has 0 spiro atoms. The number of nitrogens with zero attached hydrogens (tertiary/aromatic N) is 2. The normalized spacial score (nSPS) is 22.8. The summed E-state index contributed by atoms with van der Waals surface area (Å²) in [5.41, 5.74) is -2.64. The fraction of sp³-hybridized carbons (Fsp3) is 0.333. The molecule has 1 aliphatic rings. The number of halogens is 2. The average molecular weight is 270 g/mol. The Balaban J connectivity index is 2.40. The van der Waals surface area contributed by atoms with Crippen molar-refractivity contribution in [1.29, 1.82) is 0 Å². The van der Waals surface area contributed by atoms with Crippen molar-refractivity contribution in [3.8, 4) is 5.75 Å². The molecule has 1 aliphatic heterocycles. The minimum Gasteiger partial charge on any atom is -0.507 e. The van der Waals surface area contributed by atoms with Crippen molar-refractivity contribution >= 4 is 11.6 Å². The molecule has 1 amide bonds. The van der Waals surface area contributed by atoms with Gasteiger partial charge in [-0.3, -0.25) is 4.79 Å². The van der Waals surface area contributed by atoms with Gasteiger partial charge in [-0.25, -0.2) is 8.78 Å². The maximum absolute atomic E-state index is 12.9. The number of alkyl halides is 2. The van der Waals surface area contributed by atoms with Crippen LogP contribution in [-0.4, -0.2) is 39.0 Å². The first-order valence-corrected chi connectivity index (χ1v) is 5.53. The van der Waals surface area contributed by atoms with Gasteiger partial charge in [0.1, 0.15) is 5.75 Å². The van der Waals surface area contributed by atoms with Crippen LogP contribution in [0.15, 0.2) is 29.4 Å². The van der Waals surface area contributed by atoms with E-state index in [4.69, 9.17) is 0 Å². The lowest BCUT2D eigenvalue weighted by Gasteiger charge is -2.30. The van der Waals surface area contributed by atoms with E-state index in [1.54, 1.807) is 0 Å². The summed E-state index contributed by atoms with van der Waals surface area (Å²) in [4.78, 5) is 12.1. The van der Waals surface area contributed by atoms with Crippen molar-refractivity contribution < 1.29 is 23.8 Å². The van der Waals surface area contributed by atoms with Gasteiger partial charge < -0.3 is 10.2 Å². The molecule has 0 radical (unpaired) electrons. The van der Waals surface area contributed by atoms with E-state index in [2.05, 4.69) is 5.10 Å². The lowest BCUT2D eigenvalue weighted by atomic mass is 10.1. The molecule has 0 bridgehead atoms. The second-order valence-corrected chi connectivity index (χ2v) is 4.33. The highest BCUT2D eigenvalue weighted by molar-refractivity contribution is 5.99. The fourth-order valence-electron chi connectivity index (χ4n) is 1.90. The van der Waals surface area contributed by atoms with E-state index in [9.17, 15) is 23.8 Å². The van der Waals surface area contributed by atoms with Gasteiger partial charge in [-0.05, 0) is 19.1 Å². The van der Waals surface area contributed by atoms with E-state index >= 15 is 0 Å². The van der Waals surface area contributed by atoms with Crippen molar-refractivity contribution in [2.75, 3.05) is 0 Å². The van der Waals surface area contributed by atoms with Crippen LogP contribution in [0.4, 0.5) is 8.78 Å². The van der Waals surface area contributed by atoms with Gasteiger partial charge in [0.05, 0.1) is 5.56 Å². The quantitative estimate of drug-likeness (QED) is 0.856. The Hall–Kier alpha value is -2.02. The lowest BCUT2D eigenvalue weighted by Crippen LogP contribution is -2.51. The summed E-state index contributed by atoms with van der Waals surface area (Å²) in [6.45, 7) is 1.44. The van der Waals surface area contributed by atoms with Crippen LogP contribution in [0.2, 0.25) is 0 Å². The largest absolute Gasteiger partial charge is 0.507 e. The van der Waals surface area contributed by atoms with Gasteiger partial charge in [0.25, 0.3) is 12.3 Å². The number of hydrogen-bond acceptors (Lipinski definition) is 4. The van der Waals surface area contributed by atoms with Gasteiger partial charge in [-0.1, -0.05) is 12.1 Å². The predicted molar refractivity (Wildman–Crippen MR) is 63.0 cm³/mol. The van der Waals surface area contributed by atoms with E-state index in [1.807, 2.05) is 0 Å². The number of hydrogen-bond donors (Lipinski definition) is 2. The second kappa shape index (κ2) is 4.58. The summed E-state index contributed by atoms with van der Waals surface area (Å²) in [6, 6.07) is 5.49. The predicted octanol–water partition coefficient (Wildman–Crippen LogP) is 1.57. The second-order valence-electron chi connectivity index (χ2n) is 4.33. The van der Waals surface area contributed by atoms with Crippen LogP contribution < -0.4 is 0 Å². The van der Waals surface area contributed by atoms with Crippen LogP contribution in [0.5, 0.6) is 5.75 Å². The molecule has 0 fully saturated rings. The summed E-state index contributed by atoms with van der Waals surface area (Å²) >= 11 is 0. The van der Waals surface area contributed by atoms with Crippen LogP contribution in [0.3, 0.4) is 0 Å². The molecule has 102 valence electrons. The monoisotopic (exact) mass is 270 g/mol. The van der Waals surface area contributed by atoms with Crippen LogP contribution in [0.25, 0.3) is 0 Å². The zero-order chi connectivity index (χ0) is 14.2. The molecule has 1 aromatic carbocycles. The minimum atomic E-state index is -3.16. The van der Waals surface area contributed by atoms with E-state index in [-0.39, 0.29) is 17.0 Å². The van der Waals surface area contributed by atoms with Gasteiger partial charge >= 0.3 is 0 Å². The maximum atomic E-state index is 12.9. The number of phenols is 1. The Morgan fingerprint density at radius 1 is 1.47 bits per heavy atom. The third kappa shape index (κ3) is 2.17. The van der Waals surface area contributed by atoms with Gasteiger partial charge in [0.15, 0.2) is 0 Å². The van der Waals surface area contributed by atoms with Crippen LogP contribution in [0.1, 0.15) is 23.7 Å². The topological polar surface area (TPSA) is 73.1 Å². The molecule has 0 saturated heterocycles. The summed E-state index contributed by atoms with van der Waals surface area (Å²) < 4.78 is 25.9. The van der Waals surface area contributed by atoms with Crippen molar-refractivity contribution in [3.63, 3.8) is 0 Å². The standard InChI is InChI=1S/C12H12F2N2O3/c1-7-6-12(19,11(13)14)16(15-7)10(18)8-4-2-3-5-9(8)17/h2-5,11,17,19H,6H2,1H3. The number of carbonyl (C=O) groups is 1. The smallest absolute Gasteiger partial charge is 0.287 e. The number of hydrazone groups is 1. The molecule has 19 heavy (non-hydrogen) atoms. The lowest BCUT2D eigenvalue weighted by molar-refractivity contribution is -0.164. The molecule has 2 N–H and O–H groups in total. The van der Waals surface area contributed by atoms with E-state index in [1.165, 1.54) is 31.2 Å². The van der Waals surface area contributed by atoms with Crippen molar-refractivity contribution in [2.24, 2.45) is 5.10 Å². The first-order valence-electron chi connectivity index (χ1n) is 5.53. The number of phenolic OH excluding ortho intramolecular Hbond substituents is 1. The minimum absolute atomic E-state index is 0.194. The zero-order valence-electron chi connectivity index (χ0n) is 10.0. The molecule has 1 atom stereocenters. The Kier molecular flexibility index (Phi) is 3.23. The molecule has 7 heteroatoms. The zero-order valence-corrected chi connectivity index (χ0v) is 10.0. The van der Waals surface area contributed by atoms with Crippen LogP contribution in [-0.2, 0) is 0 Å². The molecular formula is C12H12F2N2O3. The molecule has 0 aliphatic carbocycles. The SMILES string of the molecule is CC1=NN(C(=O)c2ccccc2O)C(O)(C(F)F)C1. The van der Waals surface area contributed by atoms with Gasteiger partial charge in [-0.15, -0.1) is 0 Å². The van der Waals surface area contributed by atoms with Gasteiger partial charge in [0, 0.05) is 12.1 Å². The first-order chi connectivity index (χ1) is 8.86. The Morgan fingerprint density at radius 2 is 2.11 bits per heavy atom. The number of para-hydroxylation sites is 1. The highest BCUT2D eigenvalue weighted by Gasteiger charge is 2.51. The Morgan fingerprint density at radius 3 is 2.68 bits per heavy atom. The molecule has 2 rings (SSSR count). The molecule has 5 nitrogen and oxygen atoms in total. The fourth-order valence-corrected chi connectivity index (χ4v) is 1.90.